The number of halogens is 1. The zero-order valence-corrected chi connectivity index (χ0v) is 16.2. The van der Waals surface area contributed by atoms with Crippen molar-refractivity contribution in [1.82, 2.24) is 9.88 Å². The van der Waals surface area contributed by atoms with Crippen molar-refractivity contribution in [2.45, 2.75) is 13.0 Å². The molecule has 2 N–H and O–H groups in total. The minimum absolute atomic E-state index is 0.265. The number of imide groups is 2. The molecule has 0 aliphatic carbocycles. The van der Waals surface area contributed by atoms with Gasteiger partial charge in [0.2, 0.25) is 0 Å². The number of urea groups is 1. The number of carboxylic acids is 1. The summed E-state index contributed by atoms with van der Waals surface area (Å²) >= 11 is 0. The fraction of sp³-hybridized carbons (Fsp3) is 0.0909. The molecule has 0 spiro atoms. The predicted octanol–water partition coefficient (Wildman–Crippen LogP) is 3.09. The fourth-order valence-electron chi connectivity index (χ4n) is 3.41. The average molecular weight is 421 g/mol. The molecule has 0 bridgehead atoms. The van der Waals surface area contributed by atoms with Gasteiger partial charge >= 0.3 is 12.0 Å². The molecular formula is C22H16FN3O5. The number of hydrogen-bond acceptors (Lipinski definition) is 4. The van der Waals surface area contributed by atoms with Crippen LogP contribution in [0.5, 0.6) is 0 Å². The molecule has 4 rings (SSSR count). The first-order valence-electron chi connectivity index (χ1n) is 9.27. The zero-order chi connectivity index (χ0) is 22.3. The number of carbonyl (C=O) groups excluding carboxylic acids is 3. The maximum atomic E-state index is 14.1. The third-order valence-corrected chi connectivity index (χ3v) is 5.03. The number of anilines is 1. The molecule has 31 heavy (non-hydrogen) atoms. The summed E-state index contributed by atoms with van der Waals surface area (Å²) in [4.78, 5) is 49.2. The number of rotatable bonds is 4. The lowest BCUT2D eigenvalue weighted by Crippen LogP contribution is -2.54. The Morgan fingerprint density at radius 3 is 2.58 bits per heavy atom. The summed E-state index contributed by atoms with van der Waals surface area (Å²) in [6, 6.07) is 10.1. The van der Waals surface area contributed by atoms with Gasteiger partial charge in [-0.25, -0.2) is 18.9 Å². The molecule has 156 valence electrons. The minimum Gasteiger partial charge on any atom is -0.480 e. The van der Waals surface area contributed by atoms with Crippen molar-refractivity contribution in [2.24, 2.45) is 0 Å². The molecule has 1 aliphatic rings. The van der Waals surface area contributed by atoms with Crippen molar-refractivity contribution in [1.29, 1.82) is 0 Å². The van der Waals surface area contributed by atoms with Crippen molar-refractivity contribution in [3.63, 3.8) is 0 Å². The van der Waals surface area contributed by atoms with Gasteiger partial charge in [0.1, 0.15) is 17.4 Å². The quantitative estimate of drug-likeness (QED) is 0.497. The van der Waals surface area contributed by atoms with Gasteiger partial charge in [-0.2, -0.15) is 0 Å². The Bertz CT molecular complexity index is 1290. The topological polar surface area (TPSA) is 109 Å². The Morgan fingerprint density at radius 1 is 1.13 bits per heavy atom. The van der Waals surface area contributed by atoms with Crippen molar-refractivity contribution >= 4 is 46.5 Å². The van der Waals surface area contributed by atoms with Gasteiger partial charge in [-0.15, -0.1) is 0 Å². The molecule has 0 saturated carbocycles. The number of nitrogens with one attached hydrogen (secondary N) is 1. The normalized spacial score (nSPS) is 16.6. The molecule has 1 aromatic heterocycles. The summed E-state index contributed by atoms with van der Waals surface area (Å²) in [5.41, 5.74) is 0.549. The highest BCUT2D eigenvalue weighted by atomic mass is 19.1. The minimum atomic E-state index is -1.03. The van der Waals surface area contributed by atoms with Crippen molar-refractivity contribution in [3.05, 3.63) is 71.7 Å². The van der Waals surface area contributed by atoms with E-state index in [2.05, 4.69) is 0 Å². The van der Waals surface area contributed by atoms with Crippen LogP contribution < -0.4 is 10.2 Å². The molecule has 0 unspecified atom stereocenters. The molecule has 1 atom stereocenters. The van der Waals surface area contributed by atoms with E-state index in [9.17, 15) is 28.7 Å². The summed E-state index contributed by atoms with van der Waals surface area (Å²) in [5.74, 6) is -3.60. The van der Waals surface area contributed by atoms with Gasteiger partial charge < -0.3 is 9.67 Å². The van der Waals surface area contributed by atoms with Gasteiger partial charge in [0.05, 0.1) is 5.69 Å². The number of fused-ring (bicyclic) bond motifs is 1. The molecule has 3 aromatic rings. The number of aliphatic carboxylic acids is 1. The maximum Gasteiger partial charge on any atom is 0.336 e. The van der Waals surface area contributed by atoms with Crippen LogP contribution in [0.15, 0.2) is 60.3 Å². The van der Waals surface area contributed by atoms with E-state index in [0.29, 0.717) is 21.4 Å². The van der Waals surface area contributed by atoms with E-state index in [1.54, 1.807) is 42.0 Å². The first-order valence-corrected chi connectivity index (χ1v) is 9.27. The number of barbiturate groups is 1. The van der Waals surface area contributed by atoms with Gasteiger partial charge in [-0.3, -0.25) is 14.9 Å². The number of benzene rings is 2. The highest BCUT2D eigenvalue weighted by molar-refractivity contribution is 6.39. The first kappa shape index (κ1) is 20.0. The van der Waals surface area contributed by atoms with Gasteiger partial charge in [0.15, 0.2) is 0 Å². The van der Waals surface area contributed by atoms with Crippen LogP contribution in [0, 0.1) is 5.82 Å². The monoisotopic (exact) mass is 421 g/mol. The van der Waals surface area contributed by atoms with Gasteiger partial charge in [-0.05, 0) is 48.9 Å². The molecule has 1 fully saturated rings. The smallest absolute Gasteiger partial charge is 0.336 e. The molecule has 4 amide bonds. The number of amides is 4. The van der Waals surface area contributed by atoms with Crippen LogP contribution in [0.3, 0.4) is 0 Å². The third kappa shape index (κ3) is 3.46. The van der Waals surface area contributed by atoms with Crippen LogP contribution >= 0.6 is 0 Å². The van der Waals surface area contributed by atoms with E-state index in [0.717, 1.165) is 6.07 Å². The maximum absolute atomic E-state index is 14.1. The average Bonchev–Trinajstić information content (AvgIpc) is 3.15. The number of carbonyl (C=O) groups is 4. The Labute approximate surface area is 175 Å². The molecule has 2 heterocycles. The largest absolute Gasteiger partial charge is 0.480 e. The molecule has 0 radical (unpaired) electrons. The second-order valence-electron chi connectivity index (χ2n) is 6.96. The van der Waals surface area contributed by atoms with E-state index in [1.165, 1.54) is 24.3 Å². The highest BCUT2D eigenvalue weighted by Gasteiger charge is 2.37. The standard InChI is InChI=1S/C22H16FN3O5/c1-12(21(29)30)25-9-8-14-10-13(6-7-17(14)25)11-15-19(27)24-22(31)26(20(15)28)18-5-3-2-4-16(18)23/h2-12H,1H3,(H,29,30)(H,24,27,31)/b15-11+/t12-/m0/s1. The van der Waals surface area contributed by atoms with Crippen LogP contribution in [0.4, 0.5) is 14.9 Å². The number of nitrogens with zero attached hydrogens (tertiary/aromatic N) is 2. The predicted molar refractivity (Wildman–Crippen MR) is 110 cm³/mol. The van der Waals surface area contributed by atoms with Crippen molar-refractivity contribution in [3.8, 4) is 0 Å². The van der Waals surface area contributed by atoms with E-state index in [-0.39, 0.29) is 11.3 Å². The van der Waals surface area contributed by atoms with Crippen LogP contribution in [-0.2, 0) is 14.4 Å². The van der Waals surface area contributed by atoms with Crippen LogP contribution in [0.2, 0.25) is 0 Å². The van der Waals surface area contributed by atoms with Crippen molar-refractivity contribution in [2.75, 3.05) is 4.90 Å². The molecule has 1 saturated heterocycles. The summed E-state index contributed by atoms with van der Waals surface area (Å²) in [7, 11) is 0. The van der Waals surface area contributed by atoms with Crippen molar-refractivity contribution < 1.29 is 28.7 Å². The van der Waals surface area contributed by atoms with Gasteiger partial charge in [0.25, 0.3) is 11.8 Å². The molecular weight excluding hydrogens is 405 g/mol. The Kier molecular flexibility index (Phi) is 4.86. The van der Waals surface area contributed by atoms with Crippen LogP contribution in [0.25, 0.3) is 17.0 Å². The zero-order valence-electron chi connectivity index (χ0n) is 16.2. The number of para-hydroxylation sites is 1. The van der Waals surface area contributed by atoms with E-state index < -0.39 is 35.7 Å². The lowest BCUT2D eigenvalue weighted by Gasteiger charge is -2.26. The molecule has 1 aliphatic heterocycles. The summed E-state index contributed by atoms with van der Waals surface area (Å²) in [5, 5.41) is 12.0. The second kappa shape index (κ2) is 7.52. The third-order valence-electron chi connectivity index (χ3n) is 5.03. The molecule has 2 aromatic carbocycles. The lowest BCUT2D eigenvalue weighted by molar-refractivity contribution is -0.140. The Hall–Kier alpha value is -4.27. The first-order chi connectivity index (χ1) is 14.8. The summed E-state index contributed by atoms with van der Waals surface area (Å²) in [6.45, 7) is 1.55. The van der Waals surface area contributed by atoms with E-state index in [1.807, 2.05) is 5.32 Å². The second-order valence-corrected chi connectivity index (χ2v) is 6.96. The number of aromatic nitrogens is 1. The summed E-state index contributed by atoms with van der Waals surface area (Å²) < 4.78 is 15.7. The van der Waals surface area contributed by atoms with E-state index in [4.69, 9.17) is 0 Å². The Balaban J connectivity index is 1.73. The van der Waals surface area contributed by atoms with Gasteiger partial charge in [0, 0.05) is 17.1 Å². The van der Waals surface area contributed by atoms with Crippen LogP contribution in [0.1, 0.15) is 18.5 Å². The Morgan fingerprint density at radius 2 is 1.87 bits per heavy atom. The molecule has 8 nitrogen and oxygen atoms in total. The highest BCUT2D eigenvalue weighted by Crippen LogP contribution is 2.26. The fourth-order valence-corrected chi connectivity index (χ4v) is 3.41. The number of hydrogen-bond donors (Lipinski definition) is 2. The lowest BCUT2D eigenvalue weighted by atomic mass is 10.1. The van der Waals surface area contributed by atoms with E-state index >= 15 is 0 Å². The molecule has 9 heteroatoms. The number of carboxylic acid groups (broad SMARTS) is 1. The van der Waals surface area contributed by atoms with Gasteiger partial charge in [-0.1, -0.05) is 18.2 Å². The SMILES string of the molecule is C[C@@H](C(=O)O)n1ccc2cc(/C=C3\C(=O)NC(=O)N(c4ccccc4F)C3=O)ccc21. The summed E-state index contributed by atoms with van der Waals surface area (Å²) in [6.07, 6.45) is 2.94. The van der Waals surface area contributed by atoms with Crippen LogP contribution in [-0.4, -0.2) is 33.5 Å².